The van der Waals surface area contributed by atoms with Crippen LogP contribution in [0.5, 0.6) is 0 Å². The zero-order chi connectivity index (χ0) is 9.89. The maximum absolute atomic E-state index is 9.95. The first-order chi connectivity index (χ1) is 5.37. The van der Waals surface area contributed by atoms with E-state index in [0.29, 0.717) is 0 Å². The Hall–Kier alpha value is -0.557. The van der Waals surface area contributed by atoms with Crippen molar-refractivity contribution in [1.82, 2.24) is 0 Å². The standard InChI is InChI=1S/C5H8O7.Zn/c6-1(2(7)4(9)10)3(8)5(11)12;/h1-3,6-8H,(H,9,10)(H,11,12);. The van der Waals surface area contributed by atoms with Gasteiger partial charge in [-0.1, -0.05) is 0 Å². The Morgan fingerprint density at radius 2 is 1.08 bits per heavy atom. The van der Waals surface area contributed by atoms with Crippen LogP contribution in [0.15, 0.2) is 0 Å². The molecular weight excluding hydrogens is 237 g/mol. The summed E-state index contributed by atoms with van der Waals surface area (Å²) in [5.41, 5.74) is 0. The average molecular weight is 246 g/mol. The fourth-order valence-electron chi connectivity index (χ4n) is 0.465. The zero-order valence-electron chi connectivity index (χ0n) is 6.49. The van der Waals surface area contributed by atoms with Crippen molar-refractivity contribution in [3.05, 3.63) is 0 Å². The molecule has 7 nitrogen and oxygen atoms in total. The molecule has 0 saturated carbocycles. The van der Waals surface area contributed by atoms with E-state index in [1.54, 1.807) is 0 Å². The summed E-state index contributed by atoms with van der Waals surface area (Å²) < 4.78 is 0. The number of rotatable bonds is 4. The third-order valence-electron chi connectivity index (χ3n) is 1.15. The normalized spacial score (nSPS) is 16.5. The molecule has 72 valence electrons. The van der Waals surface area contributed by atoms with Crippen LogP contribution in [0.2, 0.25) is 0 Å². The molecule has 0 aliphatic rings. The fourth-order valence-corrected chi connectivity index (χ4v) is 0.465. The quantitative estimate of drug-likeness (QED) is 0.338. The number of carboxylic acid groups (broad SMARTS) is 2. The summed E-state index contributed by atoms with van der Waals surface area (Å²) in [5.74, 6) is -3.61. The molecule has 0 amide bonds. The maximum Gasteiger partial charge on any atom is 0.335 e. The molecule has 0 aromatic carbocycles. The smallest absolute Gasteiger partial charge is 0.335 e. The van der Waals surface area contributed by atoms with Gasteiger partial charge in [0.25, 0.3) is 0 Å². The van der Waals surface area contributed by atoms with Crippen LogP contribution < -0.4 is 0 Å². The van der Waals surface area contributed by atoms with Crippen LogP contribution in [0.25, 0.3) is 0 Å². The second kappa shape index (κ2) is 5.98. The Balaban J connectivity index is 0. The van der Waals surface area contributed by atoms with E-state index in [1.807, 2.05) is 0 Å². The van der Waals surface area contributed by atoms with Gasteiger partial charge in [-0.25, -0.2) is 9.59 Å². The minimum Gasteiger partial charge on any atom is -0.479 e. The molecule has 0 aliphatic heterocycles. The number of carboxylic acids is 2. The van der Waals surface area contributed by atoms with Crippen LogP contribution in [0.4, 0.5) is 0 Å². The van der Waals surface area contributed by atoms with Crippen LogP contribution in [-0.2, 0) is 29.1 Å². The molecule has 8 heteroatoms. The van der Waals surface area contributed by atoms with Crippen LogP contribution in [-0.4, -0.2) is 55.8 Å². The number of hydrogen-bond donors (Lipinski definition) is 5. The molecule has 0 bridgehead atoms. The number of aliphatic carboxylic acids is 2. The topological polar surface area (TPSA) is 135 Å². The van der Waals surface area contributed by atoms with Crippen molar-refractivity contribution >= 4 is 11.9 Å². The maximum atomic E-state index is 9.95. The Labute approximate surface area is 85.4 Å². The number of hydrogen-bond acceptors (Lipinski definition) is 5. The number of aliphatic hydroxyl groups excluding tert-OH is 3. The number of carbonyl (C=O) groups is 2. The fraction of sp³-hybridized carbons (Fsp3) is 0.600. The van der Waals surface area contributed by atoms with E-state index >= 15 is 0 Å². The van der Waals surface area contributed by atoms with Crippen molar-refractivity contribution in [3.63, 3.8) is 0 Å². The molecule has 5 N–H and O–H groups in total. The van der Waals surface area contributed by atoms with Crippen LogP contribution in [0.3, 0.4) is 0 Å². The molecule has 0 aliphatic carbocycles. The first-order valence-electron chi connectivity index (χ1n) is 2.87. The molecular formula is C5H8O7Zn. The Morgan fingerprint density at radius 1 is 0.846 bits per heavy atom. The summed E-state index contributed by atoms with van der Waals surface area (Å²) in [5, 5.41) is 41.9. The van der Waals surface area contributed by atoms with Crippen molar-refractivity contribution in [2.24, 2.45) is 0 Å². The minimum absolute atomic E-state index is 0. The molecule has 0 rings (SSSR count). The van der Waals surface area contributed by atoms with E-state index in [9.17, 15) is 9.59 Å². The monoisotopic (exact) mass is 244 g/mol. The van der Waals surface area contributed by atoms with Crippen LogP contribution in [0, 0.1) is 0 Å². The predicted octanol–water partition coefficient (Wildman–Crippen LogP) is -2.76. The SMILES string of the molecule is O=C(O)C(O)C(O)C(O)C(=O)O.[Zn]. The zero-order valence-corrected chi connectivity index (χ0v) is 9.46. The van der Waals surface area contributed by atoms with E-state index in [4.69, 9.17) is 25.5 Å². The van der Waals surface area contributed by atoms with Crippen LogP contribution in [0.1, 0.15) is 0 Å². The molecule has 13 heavy (non-hydrogen) atoms. The van der Waals surface area contributed by atoms with Crippen LogP contribution >= 0.6 is 0 Å². The Morgan fingerprint density at radius 3 is 1.23 bits per heavy atom. The Bertz CT molecular complexity index is 173. The van der Waals surface area contributed by atoms with Crippen molar-refractivity contribution < 1.29 is 54.6 Å². The summed E-state index contributed by atoms with van der Waals surface area (Å²) >= 11 is 0. The molecule has 0 saturated heterocycles. The summed E-state index contributed by atoms with van der Waals surface area (Å²) in [7, 11) is 0. The molecule has 0 aromatic heterocycles. The summed E-state index contributed by atoms with van der Waals surface area (Å²) in [6.07, 6.45) is -6.85. The second-order valence-electron chi connectivity index (χ2n) is 2.06. The molecule has 2 atom stereocenters. The van der Waals surface area contributed by atoms with Crippen molar-refractivity contribution in [2.45, 2.75) is 18.3 Å². The number of aliphatic hydroxyl groups is 3. The van der Waals surface area contributed by atoms with E-state index < -0.39 is 30.3 Å². The summed E-state index contributed by atoms with van der Waals surface area (Å²) in [6.45, 7) is 0. The van der Waals surface area contributed by atoms with Gasteiger partial charge >= 0.3 is 11.9 Å². The predicted molar refractivity (Wildman–Crippen MR) is 33.3 cm³/mol. The van der Waals surface area contributed by atoms with Gasteiger partial charge < -0.3 is 25.5 Å². The average Bonchev–Trinajstić information content (AvgIpc) is 2.00. The minimum atomic E-state index is -2.31. The van der Waals surface area contributed by atoms with Gasteiger partial charge in [-0.05, 0) is 0 Å². The molecule has 0 spiro atoms. The van der Waals surface area contributed by atoms with Gasteiger partial charge in [-0.3, -0.25) is 0 Å². The third kappa shape index (κ3) is 4.28. The van der Waals surface area contributed by atoms with Gasteiger partial charge in [0.15, 0.2) is 12.2 Å². The summed E-state index contributed by atoms with van der Waals surface area (Å²) in [6, 6.07) is 0. The molecule has 0 fully saturated rings. The van der Waals surface area contributed by atoms with Crippen molar-refractivity contribution in [2.75, 3.05) is 0 Å². The van der Waals surface area contributed by atoms with Gasteiger partial charge in [0.2, 0.25) is 0 Å². The Kier molecular flexibility index (Phi) is 6.88. The van der Waals surface area contributed by atoms with Gasteiger partial charge in [0, 0.05) is 19.5 Å². The second-order valence-corrected chi connectivity index (χ2v) is 2.06. The van der Waals surface area contributed by atoms with E-state index in [0.717, 1.165) is 0 Å². The first kappa shape index (κ1) is 14.9. The molecule has 0 aromatic rings. The summed E-state index contributed by atoms with van der Waals surface area (Å²) in [4.78, 5) is 19.9. The van der Waals surface area contributed by atoms with E-state index in [-0.39, 0.29) is 19.5 Å². The van der Waals surface area contributed by atoms with Gasteiger partial charge in [-0.2, -0.15) is 0 Å². The third-order valence-corrected chi connectivity index (χ3v) is 1.15. The molecule has 0 radical (unpaired) electrons. The van der Waals surface area contributed by atoms with Gasteiger partial charge in [-0.15, -0.1) is 0 Å². The molecule has 2 unspecified atom stereocenters. The van der Waals surface area contributed by atoms with Crippen molar-refractivity contribution in [1.29, 1.82) is 0 Å². The van der Waals surface area contributed by atoms with E-state index in [2.05, 4.69) is 0 Å². The van der Waals surface area contributed by atoms with Gasteiger partial charge in [0.05, 0.1) is 0 Å². The first-order valence-corrected chi connectivity index (χ1v) is 2.87. The van der Waals surface area contributed by atoms with Gasteiger partial charge in [0.1, 0.15) is 6.10 Å². The van der Waals surface area contributed by atoms with E-state index in [1.165, 1.54) is 0 Å². The largest absolute Gasteiger partial charge is 0.479 e. The molecule has 0 heterocycles. The van der Waals surface area contributed by atoms with Crippen molar-refractivity contribution in [3.8, 4) is 0 Å².